The Balaban J connectivity index is 1.45. The fraction of sp³-hybridized carbons (Fsp3) is 0.778. The monoisotopic (exact) mass is 367 g/mol. The number of nitrogens with zero attached hydrogens (tertiary/aromatic N) is 3. The van der Waals surface area contributed by atoms with Crippen LogP contribution in [0.5, 0.6) is 0 Å². The number of ether oxygens (including phenoxy) is 2. The molecule has 2 aliphatic heterocycles. The van der Waals surface area contributed by atoms with Crippen LogP contribution in [0.15, 0.2) is 5.38 Å². The Morgan fingerprint density at radius 3 is 2.88 bits per heavy atom. The summed E-state index contributed by atoms with van der Waals surface area (Å²) >= 11 is 1.66. The lowest BCUT2D eigenvalue weighted by atomic mass is 9.78. The molecule has 0 saturated carbocycles. The van der Waals surface area contributed by atoms with Crippen molar-refractivity contribution in [2.24, 2.45) is 5.92 Å². The molecule has 140 valence electrons. The van der Waals surface area contributed by atoms with Gasteiger partial charge in [0.1, 0.15) is 0 Å². The SMILES string of the molecule is Cc1nc(COCC[C@H]2CCOC23CCN(C(=O)N(C)C)CC3)cs1. The van der Waals surface area contributed by atoms with Crippen LogP contribution < -0.4 is 0 Å². The molecule has 0 unspecified atom stereocenters. The third kappa shape index (κ3) is 4.33. The summed E-state index contributed by atoms with van der Waals surface area (Å²) in [4.78, 5) is 20.1. The van der Waals surface area contributed by atoms with Gasteiger partial charge in [0.2, 0.25) is 0 Å². The third-order valence-electron chi connectivity index (χ3n) is 5.39. The fourth-order valence-electron chi connectivity index (χ4n) is 3.98. The van der Waals surface area contributed by atoms with Crippen LogP contribution in [0.25, 0.3) is 0 Å². The Bertz CT molecular complexity index is 582. The molecule has 6 nitrogen and oxygen atoms in total. The Kier molecular flexibility index (Phi) is 5.96. The van der Waals surface area contributed by atoms with E-state index in [1.807, 2.05) is 25.9 Å². The molecule has 7 heteroatoms. The number of urea groups is 1. The van der Waals surface area contributed by atoms with E-state index in [2.05, 4.69) is 10.4 Å². The van der Waals surface area contributed by atoms with E-state index in [1.165, 1.54) is 0 Å². The van der Waals surface area contributed by atoms with Crippen LogP contribution in [-0.4, -0.2) is 66.8 Å². The molecule has 2 saturated heterocycles. The number of piperidine rings is 1. The largest absolute Gasteiger partial charge is 0.375 e. The van der Waals surface area contributed by atoms with Gasteiger partial charge in [-0.2, -0.15) is 0 Å². The van der Waals surface area contributed by atoms with Crippen molar-refractivity contribution >= 4 is 17.4 Å². The number of rotatable bonds is 5. The lowest BCUT2D eigenvalue weighted by Gasteiger charge is -2.42. The molecule has 25 heavy (non-hydrogen) atoms. The third-order valence-corrected chi connectivity index (χ3v) is 6.21. The summed E-state index contributed by atoms with van der Waals surface area (Å²) in [5.41, 5.74) is 0.972. The maximum absolute atomic E-state index is 12.1. The lowest BCUT2D eigenvalue weighted by molar-refractivity contribution is -0.0670. The van der Waals surface area contributed by atoms with E-state index in [0.717, 1.165) is 62.7 Å². The van der Waals surface area contributed by atoms with Gasteiger partial charge in [0.15, 0.2) is 0 Å². The van der Waals surface area contributed by atoms with Crippen LogP contribution in [0.2, 0.25) is 0 Å². The summed E-state index contributed by atoms with van der Waals surface area (Å²) in [6, 6.07) is 0.103. The van der Waals surface area contributed by atoms with Crippen molar-refractivity contribution in [1.29, 1.82) is 0 Å². The molecule has 1 spiro atoms. The maximum atomic E-state index is 12.1. The van der Waals surface area contributed by atoms with Gasteiger partial charge in [0.05, 0.1) is 22.9 Å². The molecule has 1 aromatic rings. The Hall–Kier alpha value is -1.18. The van der Waals surface area contributed by atoms with Gasteiger partial charge in [0.25, 0.3) is 0 Å². The van der Waals surface area contributed by atoms with Gasteiger partial charge < -0.3 is 19.3 Å². The summed E-state index contributed by atoms with van der Waals surface area (Å²) < 4.78 is 12.0. The van der Waals surface area contributed by atoms with Crippen LogP contribution in [0, 0.1) is 12.8 Å². The van der Waals surface area contributed by atoms with Crippen molar-refractivity contribution in [3.63, 3.8) is 0 Å². The van der Waals surface area contributed by atoms with Crippen molar-refractivity contribution < 1.29 is 14.3 Å². The van der Waals surface area contributed by atoms with Crippen LogP contribution >= 0.6 is 11.3 Å². The zero-order chi connectivity index (χ0) is 17.9. The molecule has 0 N–H and O–H groups in total. The standard InChI is InChI=1S/C18H29N3O3S/c1-14-19-16(13-25-14)12-23-10-4-15-5-11-24-18(15)6-8-21(9-7-18)17(22)20(2)3/h13,15H,4-12H2,1-3H3/t15-/m0/s1. The number of hydrogen-bond acceptors (Lipinski definition) is 5. The summed E-state index contributed by atoms with van der Waals surface area (Å²) in [6.07, 6.45) is 3.98. The number of likely N-dealkylation sites (tertiary alicyclic amines) is 1. The molecule has 1 aromatic heterocycles. The van der Waals surface area contributed by atoms with E-state index < -0.39 is 0 Å². The van der Waals surface area contributed by atoms with Gasteiger partial charge in [-0.05, 0) is 38.5 Å². The van der Waals surface area contributed by atoms with E-state index in [-0.39, 0.29) is 11.6 Å². The first-order valence-corrected chi connectivity index (χ1v) is 9.97. The highest BCUT2D eigenvalue weighted by atomic mass is 32.1. The Morgan fingerprint density at radius 1 is 1.48 bits per heavy atom. The molecule has 1 atom stereocenters. The molecule has 2 amide bonds. The zero-order valence-electron chi connectivity index (χ0n) is 15.5. The van der Waals surface area contributed by atoms with Crippen LogP contribution in [0.4, 0.5) is 4.79 Å². The van der Waals surface area contributed by atoms with Gasteiger partial charge in [-0.15, -0.1) is 11.3 Å². The molecule has 0 aromatic carbocycles. The second-order valence-electron chi connectivity index (χ2n) is 7.26. The summed E-state index contributed by atoms with van der Waals surface area (Å²) in [5.74, 6) is 0.529. The first kappa shape index (κ1) is 18.6. The number of carbonyl (C=O) groups excluding carboxylic acids is 1. The van der Waals surface area contributed by atoms with E-state index in [4.69, 9.17) is 9.47 Å². The normalized spacial score (nSPS) is 22.5. The number of aryl methyl sites for hydroxylation is 1. The molecular weight excluding hydrogens is 338 g/mol. The molecular formula is C18H29N3O3S. The zero-order valence-corrected chi connectivity index (χ0v) is 16.3. The van der Waals surface area contributed by atoms with E-state index in [9.17, 15) is 4.79 Å². The predicted octanol–water partition coefficient (Wildman–Crippen LogP) is 2.91. The molecule has 0 bridgehead atoms. The highest BCUT2D eigenvalue weighted by Gasteiger charge is 2.46. The number of hydrogen-bond donors (Lipinski definition) is 0. The second-order valence-corrected chi connectivity index (χ2v) is 8.32. The number of carbonyl (C=O) groups is 1. The maximum Gasteiger partial charge on any atom is 0.319 e. The summed E-state index contributed by atoms with van der Waals surface area (Å²) in [7, 11) is 3.62. The Morgan fingerprint density at radius 2 is 2.24 bits per heavy atom. The minimum absolute atomic E-state index is 0.0519. The van der Waals surface area contributed by atoms with Gasteiger partial charge in [-0.25, -0.2) is 9.78 Å². The molecule has 0 aliphatic carbocycles. The van der Waals surface area contributed by atoms with Gasteiger partial charge >= 0.3 is 6.03 Å². The minimum atomic E-state index is -0.0519. The van der Waals surface area contributed by atoms with Gasteiger partial charge in [-0.1, -0.05) is 0 Å². The highest BCUT2D eigenvalue weighted by molar-refractivity contribution is 7.09. The molecule has 0 radical (unpaired) electrons. The van der Waals surface area contributed by atoms with Crippen molar-refractivity contribution in [2.45, 2.75) is 44.8 Å². The Labute approximate surface area is 154 Å². The summed E-state index contributed by atoms with van der Waals surface area (Å²) in [6.45, 7) is 5.75. The van der Waals surface area contributed by atoms with E-state index in [0.29, 0.717) is 12.5 Å². The minimum Gasteiger partial charge on any atom is -0.375 e. The molecule has 3 rings (SSSR count). The molecule has 2 fully saturated rings. The first-order chi connectivity index (χ1) is 12.0. The van der Waals surface area contributed by atoms with E-state index >= 15 is 0 Å². The van der Waals surface area contributed by atoms with Crippen molar-refractivity contribution in [2.75, 3.05) is 40.4 Å². The average molecular weight is 368 g/mol. The highest BCUT2D eigenvalue weighted by Crippen LogP contribution is 2.42. The number of aromatic nitrogens is 1. The number of amides is 2. The van der Waals surface area contributed by atoms with Gasteiger partial charge in [-0.3, -0.25) is 0 Å². The predicted molar refractivity (Wildman–Crippen MR) is 97.8 cm³/mol. The molecule has 2 aliphatic rings. The van der Waals surface area contributed by atoms with Gasteiger partial charge in [0, 0.05) is 45.8 Å². The smallest absolute Gasteiger partial charge is 0.319 e. The quantitative estimate of drug-likeness (QED) is 0.751. The topological polar surface area (TPSA) is 54.9 Å². The summed E-state index contributed by atoms with van der Waals surface area (Å²) in [5, 5.41) is 3.15. The fourth-order valence-corrected chi connectivity index (χ4v) is 4.58. The second kappa shape index (κ2) is 8.01. The van der Waals surface area contributed by atoms with E-state index in [1.54, 1.807) is 16.2 Å². The lowest BCUT2D eigenvalue weighted by Crippen LogP contribution is -2.51. The van der Waals surface area contributed by atoms with Crippen LogP contribution in [-0.2, 0) is 16.1 Å². The average Bonchev–Trinajstić information content (AvgIpc) is 3.18. The number of thiazole rings is 1. The van der Waals surface area contributed by atoms with Crippen LogP contribution in [0.1, 0.15) is 36.4 Å². The van der Waals surface area contributed by atoms with Crippen molar-refractivity contribution in [1.82, 2.24) is 14.8 Å². The molecule has 3 heterocycles. The van der Waals surface area contributed by atoms with Crippen LogP contribution in [0.3, 0.4) is 0 Å². The van der Waals surface area contributed by atoms with Crippen molar-refractivity contribution in [3.05, 3.63) is 16.1 Å². The van der Waals surface area contributed by atoms with Crippen molar-refractivity contribution in [3.8, 4) is 0 Å². The first-order valence-electron chi connectivity index (χ1n) is 9.09.